The summed E-state index contributed by atoms with van der Waals surface area (Å²) in [6.07, 6.45) is 0.881. The van der Waals surface area contributed by atoms with E-state index in [0.29, 0.717) is 10.0 Å². The van der Waals surface area contributed by atoms with Gasteiger partial charge in [-0.05, 0) is 52.5 Å². The molecule has 1 saturated heterocycles. The molecule has 1 atom stereocenters. The van der Waals surface area contributed by atoms with Crippen molar-refractivity contribution in [1.29, 1.82) is 0 Å². The number of amides is 1. The van der Waals surface area contributed by atoms with E-state index in [1.807, 2.05) is 0 Å². The van der Waals surface area contributed by atoms with Gasteiger partial charge in [0, 0.05) is 17.1 Å². The molecule has 104 valence electrons. The van der Waals surface area contributed by atoms with E-state index in [2.05, 4.69) is 40.4 Å². The number of carbonyl (C=O) groups excluding carboxylic acids is 1. The molecular formula is C14H18BrFN2O. The van der Waals surface area contributed by atoms with Crippen molar-refractivity contribution in [2.75, 3.05) is 13.1 Å². The van der Waals surface area contributed by atoms with Gasteiger partial charge in [0.05, 0.1) is 5.56 Å². The largest absolute Gasteiger partial charge is 0.349 e. The maximum absolute atomic E-state index is 13.2. The Labute approximate surface area is 121 Å². The van der Waals surface area contributed by atoms with Crippen LogP contribution in [0.5, 0.6) is 0 Å². The summed E-state index contributed by atoms with van der Waals surface area (Å²) in [7, 11) is 0. The molecule has 0 spiro atoms. The van der Waals surface area contributed by atoms with Crippen LogP contribution in [0.25, 0.3) is 0 Å². The first-order chi connectivity index (χ1) is 8.90. The highest BCUT2D eigenvalue weighted by atomic mass is 79.9. The Kier molecular flexibility index (Phi) is 4.26. The lowest BCUT2D eigenvalue weighted by atomic mass is 9.80. The van der Waals surface area contributed by atoms with Crippen molar-refractivity contribution in [2.24, 2.45) is 5.41 Å². The third kappa shape index (κ3) is 3.34. The van der Waals surface area contributed by atoms with E-state index in [9.17, 15) is 9.18 Å². The molecule has 1 amide bonds. The Balaban J connectivity index is 2.14. The normalized spacial score (nSPS) is 22.0. The molecule has 5 heteroatoms. The van der Waals surface area contributed by atoms with Crippen LogP contribution in [-0.4, -0.2) is 25.0 Å². The van der Waals surface area contributed by atoms with Gasteiger partial charge in [-0.1, -0.05) is 13.8 Å². The lowest BCUT2D eigenvalue weighted by Crippen LogP contribution is -2.54. The molecular weight excluding hydrogens is 311 g/mol. The van der Waals surface area contributed by atoms with Gasteiger partial charge >= 0.3 is 0 Å². The highest BCUT2D eigenvalue weighted by Crippen LogP contribution is 2.26. The minimum absolute atomic E-state index is 0.00624. The topological polar surface area (TPSA) is 41.1 Å². The minimum atomic E-state index is -0.405. The number of carbonyl (C=O) groups is 1. The van der Waals surface area contributed by atoms with E-state index in [-0.39, 0.29) is 17.4 Å². The van der Waals surface area contributed by atoms with Gasteiger partial charge in [0.1, 0.15) is 5.82 Å². The Bertz CT molecular complexity index is 490. The van der Waals surface area contributed by atoms with Crippen LogP contribution in [-0.2, 0) is 0 Å². The minimum Gasteiger partial charge on any atom is -0.349 e. The fraction of sp³-hybridized carbons (Fsp3) is 0.500. The first-order valence-corrected chi connectivity index (χ1v) is 7.16. The number of nitrogens with one attached hydrogen (secondary N) is 2. The fourth-order valence-electron chi connectivity index (χ4n) is 2.35. The Morgan fingerprint density at radius 1 is 1.53 bits per heavy atom. The molecule has 0 aromatic heterocycles. The van der Waals surface area contributed by atoms with Gasteiger partial charge in [0.2, 0.25) is 0 Å². The summed E-state index contributed by atoms with van der Waals surface area (Å²) in [6.45, 7) is 5.98. The summed E-state index contributed by atoms with van der Waals surface area (Å²) >= 11 is 3.28. The molecule has 1 unspecified atom stereocenters. The molecule has 1 aliphatic rings. The third-order valence-electron chi connectivity index (χ3n) is 3.61. The van der Waals surface area contributed by atoms with Crippen molar-refractivity contribution >= 4 is 21.8 Å². The van der Waals surface area contributed by atoms with Crippen LogP contribution in [0.3, 0.4) is 0 Å². The van der Waals surface area contributed by atoms with Gasteiger partial charge in [-0.2, -0.15) is 0 Å². The summed E-state index contributed by atoms with van der Waals surface area (Å²) in [5.41, 5.74) is 0.336. The van der Waals surface area contributed by atoms with Crippen molar-refractivity contribution in [3.05, 3.63) is 34.1 Å². The van der Waals surface area contributed by atoms with Gasteiger partial charge in [0.25, 0.3) is 5.91 Å². The Hall–Kier alpha value is -0.940. The standard InChI is InChI=1S/C14H18BrFN2O/c1-14(2)8-17-6-5-12(14)18-13(19)10-7-9(16)3-4-11(10)15/h3-4,7,12,17H,5-6,8H2,1-2H3,(H,18,19). The van der Waals surface area contributed by atoms with Crippen LogP contribution >= 0.6 is 15.9 Å². The number of piperidine rings is 1. The molecule has 2 N–H and O–H groups in total. The number of benzene rings is 1. The molecule has 1 aromatic rings. The molecule has 2 rings (SSSR count). The summed E-state index contributed by atoms with van der Waals surface area (Å²) < 4.78 is 13.8. The first-order valence-electron chi connectivity index (χ1n) is 6.37. The third-order valence-corrected chi connectivity index (χ3v) is 4.30. The molecule has 0 bridgehead atoms. The van der Waals surface area contributed by atoms with Gasteiger partial charge in [-0.25, -0.2) is 4.39 Å². The number of hydrogen-bond acceptors (Lipinski definition) is 2. The van der Waals surface area contributed by atoms with E-state index >= 15 is 0 Å². The van der Waals surface area contributed by atoms with E-state index in [1.54, 1.807) is 6.07 Å². The molecule has 1 heterocycles. The molecule has 0 aliphatic carbocycles. The van der Waals surface area contributed by atoms with E-state index in [1.165, 1.54) is 12.1 Å². The quantitative estimate of drug-likeness (QED) is 0.876. The summed E-state index contributed by atoms with van der Waals surface area (Å²) in [6, 6.07) is 4.23. The van der Waals surface area contributed by atoms with E-state index in [4.69, 9.17) is 0 Å². The average Bonchev–Trinajstić information content (AvgIpc) is 2.34. The molecule has 1 aliphatic heterocycles. The SMILES string of the molecule is CC1(C)CNCCC1NC(=O)c1cc(F)ccc1Br. The zero-order chi connectivity index (χ0) is 14.0. The van der Waals surface area contributed by atoms with Crippen molar-refractivity contribution in [2.45, 2.75) is 26.3 Å². The number of halogens is 2. The Morgan fingerprint density at radius 2 is 2.26 bits per heavy atom. The highest BCUT2D eigenvalue weighted by molar-refractivity contribution is 9.10. The average molecular weight is 329 g/mol. The molecule has 0 saturated carbocycles. The first kappa shape index (κ1) is 14.5. The van der Waals surface area contributed by atoms with Crippen LogP contribution in [0.2, 0.25) is 0 Å². The highest BCUT2D eigenvalue weighted by Gasteiger charge is 2.33. The Morgan fingerprint density at radius 3 is 2.95 bits per heavy atom. The summed E-state index contributed by atoms with van der Waals surface area (Å²) in [5, 5.41) is 6.34. The van der Waals surface area contributed by atoms with Crippen LogP contribution in [0, 0.1) is 11.2 Å². The summed E-state index contributed by atoms with van der Waals surface area (Å²) in [5.74, 6) is -0.635. The summed E-state index contributed by atoms with van der Waals surface area (Å²) in [4.78, 5) is 12.2. The van der Waals surface area contributed by atoms with Crippen LogP contribution in [0.4, 0.5) is 4.39 Å². The van der Waals surface area contributed by atoms with Gasteiger partial charge < -0.3 is 10.6 Å². The predicted molar refractivity (Wildman–Crippen MR) is 76.6 cm³/mol. The predicted octanol–water partition coefficient (Wildman–Crippen LogP) is 2.71. The second-order valence-corrected chi connectivity index (χ2v) is 6.46. The smallest absolute Gasteiger partial charge is 0.252 e. The maximum Gasteiger partial charge on any atom is 0.252 e. The lowest BCUT2D eigenvalue weighted by Gasteiger charge is -2.39. The molecule has 3 nitrogen and oxygen atoms in total. The lowest BCUT2D eigenvalue weighted by molar-refractivity contribution is 0.0867. The molecule has 1 aromatic carbocycles. The zero-order valence-electron chi connectivity index (χ0n) is 11.1. The molecule has 19 heavy (non-hydrogen) atoms. The van der Waals surface area contributed by atoms with Crippen LogP contribution in [0.1, 0.15) is 30.6 Å². The van der Waals surface area contributed by atoms with Crippen LogP contribution < -0.4 is 10.6 Å². The zero-order valence-corrected chi connectivity index (χ0v) is 12.7. The van der Waals surface area contributed by atoms with Gasteiger partial charge in [-0.3, -0.25) is 4.79 Å². The van der Waals surface area contributed by atoms with E-state index < -0.39 is 5.82 Å². The molecule has 1 fully saturated rings. The molecule has 0 radical (unpaired) electrons. The van der Waals surface area contributed by atoms with Crippen molar-refractivity contribution in [3.63, 3.8) is 0 Å². The fourth-order valence-corrected chi connectivity index (χ4v) is 2.77. The van der Waals surface area contributed by atoms with Gasteiger partial charge in [-0.15, -0.1) is 0 Å². The number of hydrogen-bond donors (Lipinski definition) is 2. The van der Waals surface area contributed by atoms with E-state index in [0.717, 1.165) is 19.5 Å². The maximum atomic E-state index is 13.2. The monoisotopic (exact) mass is 328 g/mol. The second kappa shape index (κ2) is 5.59. The van der Waals surface area contributed by atoms with Crippen LogP contribution in [0.15, 0.2) is 22.7 Å². The second-order valence-electron chi connectivity index (χ2n) is 5.60. The van der Waals surface area contributed by atoms with Gasteiger partial charge in [0.15, 0.2) is 0 Å². The van der Waals surface area contributed by atoms with Crippen molar-refractivity contribution in [3.8, 4) is 0 Å². The van der Waals surface area contributed by atoms with Crippen molar-refractivity contribution < 1.29 is 9.18 Å². The number of rotatable bonds is 2. The van der Waals surface area contributed by atoms with Crippen molar-refractivity contribution in [1.82, 2.24) is 10.6 Å².